The maximum absolute atomic E-state index is 11.5. The smallest absolute Gasteiger partial charge is 0.208 e. The molecular weight excluding hydrogens is 200 g/mol. The van der Waals surface area contributed by atoms with Crippen LogP contribution in [-0.4, -0.2) is 16.9 Å². The fourth-order valence-electron chi connectivity index (χ4n) is 2.49. The van der Waals surface area contributed by atoms with Crippen LogP contribution in [0.25, 0.3) is 0 Å². The Bertz CT molecular complexity index is 411. The average molecular weight is 207 g/mol. The minimum atomic E-state index is -0.384. The van der Waals surface area contributed by atoms with Crippen molar-refractivity contribution < 1.29 is 9.59 Å². The number of alkyl halides is 1. The number of fused-ring (bicyclic) bond motifs is 5. The third kappa shape index (κ3) is 0.735. The number of rotatable bonds is 0. The van der Waals surface area contributed by atoms with Crippen molar-refractivity contribution in [3.63, 3.8) is 0 Å². The zero-order chi connectivity index (χ0) is 9.87. The number of benzene rings is 1. The molecule has 1 aromatic carbocycles. The molecule has 70 valence electrons. The van der Waals surface area contributed by atoms with Crippen LogP contribution in [0.4, 0.5) is 0 Å². The van der Waals surface area contributed by atoms with Gasteiger partial charge in [-0.15, -0.1) is 11.6 Å². The summed E-state index contributed by atoms with van der Waals surface area (Å²) in [6.07, 6.45) is 0. The summed E-state index contributed by atoms with van der Waals surface area (Å²) < 4.78 is 0. The largest absolute Gasteiger partial charge is 0.290 e. The third-order valence-electron chi connectivity index (χ3n) is 3.11. The molecule has 0 radical (unpaired) electrons. The minimum absolute atomic E-state index is 0.311. The monoisotopic (exact) mass is 206 g/mol. The van der Waals surface area contributed by atoms with Crippen molar-refractivity contribution in [2.75, 3.05) is 0 Å². The number of hydrogen-bond acceptors (Lipinski definition) is 2. The van der Waals surface area contributed by atoms with Gasteiger partial charge in [-0.1, -0.05) is 24.3 Å². The topological polar surface area (TPSA) is 34.1 Å². The van der Waals surface area contributed by atoms with Crippen LogP contribution in [0, 0.1) is 0 Å². The molecule has 1 unspecified atom stereocenters. The van der Waals surface area contributed by atoms with E-state index in [1.165, 1.54) is 0 Å². The summed E-state index contributed by atoms with van der Waals surface area (Å²) in [7, 11) is 0. The van der Waals surface area contributed by atoms with Crippen LogP contribution in [0.15, 0.2) is 24.3 Å². The Kier molecular flexibility index (Phi) is 1.43. The summed E-state index contributed by atoms with van der Waals surface area (Å²) in [6.45, 7) is 0. The van der Waals surface area contributed by atoms with E-state index in [2.05, 4.69) is 0 Å². The van der Waals surface area contributed by atoms with E-state index in [1.54, 1.807) is 0 Å². The summed E-state index contributed by atoms with van der Waals surface area (Å²) in [5, 5.41) is -0.354. The molecule has 1 saturated carbocycles. The molecule has 0 aromatic heterocycles. The molecule has 1 fully saturated rings. The Hall–Kier alpha value is -1.15. The lowest BCUT2D eigenvalue weighted by atomic mass is 9.90. The molecule has 3 rings (SSSR count). The van der Waals surface area contributed by atoms with Crippen LogP contribution in [-0.2, 0) is 9.59 Å². The van der Waals surface area contributed by atoms with Crippen molar-refractivity contribution >= 4 is 23.2 Å². The highest BCUT2D eigenvalue weighted by Crippen LogP contribution is 2.51. The number of carbonyl (C=O) groups is 2. The highest BCUT2D eigenvalue weighted by Gasteiger charge is 2.56. The van der Waals surface area contributed by atoms with Crippen molar-refractivity contribution in [3.05, 3.63) is 35.4 Å². The molecule has 14 heavy (non-hydrogen) atoms. The van der Waals surface area contributed by atoms with Gasteiger partial charge in [-0.3, -0.25) is 9.59 Å². The molecule has 2 aliphatic carbocycles. The zero-order valence-corrected chi connectivity index (χ0v) is 7.99. The van der Waals surface area contributed by atoms with Gasteiger partial charge in [-0.2, -0.15) is 0 Å². The van der Waals surface area contributed by atoms with Crippen molar-refractivity contribution in [1.29, 1.82) is 0 Å². The number of halogens is 1. The normalized spacial score (nSPS) is 33.6. The maximum Gasteiger partial charge on any atom is 0.208 e. The zero-order valence-electron chi connectivity index (χ0n) is 7.24. The second kappa shape index (κ2) is 2.45. The molecule has 0 N–H and O–H groups in total. The summed E-state index contributed by atoms with van der Waals surface area (Å²) in [4.78, 5) is 23.0. The van der Waals surface area contributed by atoms with E-state index in [1.807, 2.05) is 24.3 Å². The van der Waals surface area contributed by atoms with Gasteiger partial charge in [0.1, 0.15) is 0 Å². The van der Waals surface area contributed by atoms with Crippen molar-refractivity contribution in [1.82, 2.24) is 0 Å². The number of ketones is 2. The van der Waals surface area contributed by atoms with Crippen LogP contribution < -0.4 is 0 Å². The fraction of sp³-hybridized carbons (Fsp3) is 0.273. The van der Waals surface area contributed by atoms with Gasteiger partial charge in [0.25, 0.3) is 0 Å². The van der Waals surface area contributed by atoms with Gasteiger partial charge in [0.05, 0.1) is 17.2 Å². The maximum atomic E-state index is 11.5. The standard InChI is InChI=1S/C11H7ClO2/c12-9-7-5-3-1-2-4-6(5)8(9)11(14)10(7)13/h1-4,7-9H/t7-,8+,9?. The predicted octanol–water partition coefficient (Wildman–Crippen LogP) is 1.63. The summed E-state index contributed by atoms with van der Waals surface area (Å²) in [5.41, 5.74) is 1.89. The van der Waals surface area contributed by atoms with E-state index in [9.17, 15) is 9.59 Å². The first-order chi connectivity index (χ1) is 6.72. The van der Waals surface area contributed by atoms with E-state index in [0.717, 1.165) is 11.1 Å². The highest BCUT2D eigenvalue weighted by molar-refractivity contribution is 6.49. The highest BCUT2D eigenvalue weighted by atomic mass is 35.5. The van der Waals surface area contributed by atoms with Gasteiger partial charge >= 0.3 is 0 Å². The van der Waals surface area contributed by atoms with Gasteiger partial charge < -0.3 is 0 Å². The number of hydrogen-bond donors (Lipinski definition) is 0. The summed E-state index contributed by atoms with van der Waals surface area (Å²) in [5.74, 6) is -1.39. The summed E-state index contributed by atoms with van der Waals surface area (Å²) >= 11 is 6.09. The molecule has 0 heterocycles. The van der Waals surface area contributed by atoms with E-state index < -0.39 is 0 Å². The molecule has 2 aliphatic rings. The lowest BCUT2D eigenvalue weighted by molar-refractivity contribution is -0.135. The van der Waals surface area contributed by atoms with Crippen molar-refractivity contribution in [2.45, 2.75) is 17.2 Å². The Labute approximate surface area is 85.9 Å². The fourth-order valence-corrected chi connectivity index (χ4v) is 2.99. The van der Waals surface area contributed by atoms with Gasteiger partial charge in [0.2, 0.25) is 11.6 Å². The Morgan fingerprint density at radius 3 is 1.79 bits per heavy atom. The van der Waals surface area contributed by atoms with Gasteiger partial charge in [0.15, 0.2) is 0 Å². The molecule has 0 aliphatic heterocycles. The lowest BCUT2D eigenvalue weighted by Crippen LogP contribution is -2.20. The SMILES string of the molecule is O=C1C(=O)[C@H]2c3ccccc3[C@@H]1C2Cl. The van der Waals surface area contributed by atoms with E-state index in [-0.39, 0.29) is 28.8 Å². The molecular formula is C11H7ClO2. The van der Waals surface area contributed by atoms with Crippen molar-refractivity contribution in [2.24, 2.45) is 0 Å². The Morgan fingerprint density at radius 2 is 1.36 bits per heavy atom. The minimum Gasteiger partial charge on any atom is -0.290 e. The lowest BCUT2D eigenvalue weighted by Gasteiger charge is -2.11. The first kappa shape index (κ1) is 8.18. The number of carbonyl (C=O) groups excluding carboxylic acids is 2. The first-order valence-corrected chi connectivity index (χ1v) is 4.96. The molecule has 2 bridgehead atoms. The van der Waals surface area contributed by atoms with Gasteiger partial charge in [0, 0.05) is 0 Å². The quantitative estimate of drug-likeness (QED) is 0.478. The van der Waals surface area contributed by atoms with Crippen LogP contribution >= 0.6 is 11.6 Å². The van der Waals surface area contributed by atoms with E-state index >= 15 is 0 Å². The molecule has 0 saturated heterocycles. The molecule has 2 nitrogen and oxygen atoms in total. The number of Topliss-reactive ketones (excluding diaryl/α,β-unsaturated/α-hetero) is 2. The van der Waals surface area contributed by atoms with E-state index in [4.69, 9.17) is 11.6 Å². The Balaban J connectivity index is 2.29. The third-order valence-corrected chi connectivity index (χ3v) is 3.61. The molecule has 0 amide bonds. The molecule has 3 atom stereocenters. The van der Waals surface area contributed by atoms with Crippen LogP contribution in [0.5, 0.6) is 0 Å². The predicted molar refractivity (Wildman–Crippen MR) is 51.6 cm³/mol. The van der Waals surface area contributed by atoms with Gasteiger partial charge in [-0.05, 0) is 11.1 Å². The molecule has 1 aromatic rings. The summed E-state index contributed by atoms with van der Waals surface area (Å²) in [6, 6.07) is 7.53. The Morgan fingerprint density at radius 1 is 0.929 bits per heavy atom. The van der Waals surface area contributed by atoms with Crippen LogP contribution in [0.2, 0.25) is 0 Å². The second-order valence-electron chi connectivity index (χ2n) is 3.76. The van der Waals surface area contributed by atoms with E-state index in [0.29, 0.717) is 0 Å². The van der Waals surface area contributed by atoms with Gasteiger partial charge in [-0.25, -0.2) is 0 Å². The van der Waals surface area contributed by atoms with Crippen molar-refractivity contribution in [3.8, 4) is 0 Å². The second-order valence-corrected chi connectivity index (χ2v) is 4.26. The van der Waals surface area contributed by atoms with Crippen LogP contribution in [0.1, 0.15) is 23.0 Å². The molecule has 3 heteroatoms. The van der Waals surface area contributed by atoms with Crippen LogP contribution in [0.3, 0.4) is 0 Å². The first-order valence-electron chi connectivity index (χ1n) is 4.53. The average Bonchev–Trinajstić information content (AvgIpc) is 2.58. The molecule has 0 spiro atoms.